The van der Waals surface area contributed by atoms with Crippen molar-refractivity contribution in [2.75, 3.05) is 6.61 Å². The molecule has 2 atom stereocenters. The van der Waals surface area contributed by atoms with E-state index >= 15 is 0 Å². The molecule has 6 heteroatoms. The summed E-state index contributed by atoms with van der Waals surface area (Å²) in [6.07, 6.45) is 6.34. The number of halogens is 2. The van der Waals surface area contributed by atoms with Crippen LogP contribution < -0.4 is 5.32 Å². The summed E-state index contributed by atoms with van der Waals surface area (Å²) in [5.41, 5.74) is 0.758. The number of benzene rings is 1. The predicted octanol–water partition coefficient (Wildman–Crippen LogP) is 4.07. The monoisotopic (exact) mass is 355 g/mol. The first-order valence-corrected chi connectivity index (χ1v) is 8.29. The van der Waals surface area contributed by atoms with Crippen molar-refractivity contribution in [3.63, 3.8) is 0 Å². The quantitative estimate of drug-likeness (QED) is 0.639. The smallest absolute Gasteiger partial charge is 0.309 e. The van der Waals surface area contributed by atoms with Crippen molar-refractivity contribution in [3.8, 4) is 0 Å². The van der Waals surface area contributed by atoms with E-state index in [1.807, 2.05) is 12.2 Å². The Kier molecular flexibility index (Phi) is 6.48. The molecular weight excluding hydrogens is 337 g/mol. The Balaban J connectivity index is 1.82. The van der Waals surface area contributed by atoms with Crippen molar-refractivity contribution < 1.29 is 14.3 Å². The van der Waals surface area contributed by atoms with Gasteiger partial charge in [-0.25, -0.2) is 0 Å². The Bertz CT molecular complexity index is 616. The number of allylic oxidation sites excluding steroid dienone is 2. The van der Waals surface area contributed by atoms with Gasteiger partial charge in [0.25, 0.3) is 5.91 Å². The van der Waals surface area contributed by atoms with E-state index < -0.39 is 0 Å². The van der Waals surface area contributed by atoms with E-state index in [-0.39, 0.29) is 30.4 Å². The Morgan fingerprint density at radius 3 is 2.78 bits per heavy atom. The first-order chi connectivity index (χ1) is 11.0. The van der Waals surface area contributed by atoms with Crippen LogP contribution in [0.1, 0.15) is 37.8 Å². The lowest BCUT2D eigenvalue weighted by atomic mass is 9.95. The van der Waals surface area contributed by atoms with Crippen molar-refractivity contribution in [3.05, 3.63) is 46.0 Å². The second-order valence-corrected chi connectivity index (χ2v) is 6.39. The zero-order valence-corrected chi connectivity index (χ0v) is 14.4. The molecule has 124 valence electrons. The van der Waals surface area contributed by atoms with Crippen molar-refractivity contribution in [2.45, 2.75) is 32.2 Å². The van der Waals surface area contributed by atoms with Crippen LogP contribution >= 0.6 is 23.2 Å². The largest absolute Gasteiger partial charge is 0.455 e. The molecule has 1 N–H and O–H groups in total. The van der Waals surface area contributed by atoms with Crippen LogP contribution in [0.4, 0.5) is 0 Å². The number of hydrogen-bond acceptors (Lipinski definition) is 3. The molecule has 1 aromatic rings. The van der Waals surface area contributed by atoms with E-state index in [9.17, 15) is 9.59 Å². The third kappa shape index (κ3) is 5.26. The molecule has 0 fully saturated rings. The van der Waals surface area contributed by atoms with E-state index in [4.69, 9.17) is 27.9 Å². The highest BCUT2D eigenvalue weighted by molar-refractivity contribution is 6.35. The van der Waals surface area contributed by atoms with Crippen LogP contribution in [-0.2, 0) is 14.3 Å². The Hall–Kier alpha value is -1.52. The number of carbonyl (C=O) groups is 2. The van der Waals surface area contributed by atoms with Gasteiger partial charge in [0, 0.05) is 10.0 Å². The summed E-state index contributed by atoms with van der Waals surface area (Å²) in [7, 11) is 0. The first-order valence-electron chi connectivity index (χ1n) is 7.53. The topological polar surface area (TPSA) is 55.4 Å². The van der Waals surface area contributed by atoms with Crippen LogP contribution in [0.25, 0.3) is 0 Å². The van der Waals surface area contributed by atoms with Gasteiger partial charge in [-0.1, -0.05) is 41.4 Å². The maximum atomic E-state index is 11.9. The SMILES string of the molecule is CC(NC(=O)COC(=O)C1CC=CCC1)c1ccc(Cl)cc1Cl. The molecule has 0 aromatic heterocycles. The molecule has 0 saturated carbocycles. The van der Waals surface area contributed by atoms with Gasteiger partial charge in [-0.2, -0.15) is 0 Å². The van der Waals surface area contributed by atoms with Crippen LogP contribution in [0.5, 0.6) is 0 Å². The standard InChI is InChI=1S/C17H19Cl2NO3/c1-11(14-8-7-13(18)9-15(14)19)20-16(21)10-23-17(22)12-5-3-2-4-6-12/h2-3,7-9,11-12H,4-6,10H2,1H3,(H,20,21). The minimum Gasteiger partial charge on any atom is -0.455 e. The van der Waals surface area contributed by atoms with Gasteiger partial charge in [-0.3, -0.25) is 9.59 Å². The number of amides is 1. The van der Waals surface area contributed by atoms with Gasteiger partial charge < -0.3 is 10.1 Å². The molecule has 2 rings (SSSR count). The third-order valence-electron chi connectivity index (χ3n) is 3.75. The summed E-state index contributed by atoms with van der Waals surface area (Å²) < 4.78 is 5.09. The van der Waals surface area contributed by atoms with Gasteiger partial charge in [0.05, 0.1) is 12.0 Å². The number of nitrogens with one attached hydrogen (secondary N) is 1. The zero-order valence-electron chi connectivity index (χ0n) is 12.9. The summed E-state index contributed by atoms with van der Waals surface area (Å²) in [5.74, 6) is -0.819. The predicted molar refractivity (Wildman–Crippen MR) is 90.5 cm³/mol. The number of carbonyl (C=O) groups excluding carboxylic acids is 2. The number of esters is 1. The summed E-state index contributed by atoms with van der Waals surface area (Å²) in [5, 5.41) is 3.77. The lowest BCUT2D eigenvalue weighted by Crippen LogP contribution is -2.32. The van der Waals surface area contributed by atoms with E-state index in [2.05, 4.69) is 5.32 Å². The number of hydrogen-bond donors (Lipinski definition) is 1. The van der Waals surface area contributed by atoms with Crippen molar-refractivity contribution in [2.24, 2.45) is 5.92 Å². The lowest BCUT2D eigenvalue weighted by Gasteiger charge is -2.18. The van der Waals surface area contributed by atoms with Crippen LogP contribution in [0.15, 0.2) is 30.4 Å². The summed E-state index contributed by atoms with van der Waals surface area (Å²) >= 11 is 12.0. The van der Waals surface area contributed by atoms with Crippen LogP contribution in [-0.4, -0.2) is 18.5 Å². The molecule has 1 aliphatic carbocycles. The van der Waals surface area contributed by atoms with Gasteiger partial charge >= 0.3 is 5.97 Å². The fourth-order valence-electron chi connectivity index (χ4n) is 2.48. The molecule has 1 aliphatic rings. The molecule has 23 heavy (non-hydrogen) atoms. The molecule has 0 spiro atoms. The number of ether oxygens (including phenoxy) is 1. The maximum Gasteiger partial charge on any atom is 0.309 e. The molecular formula is C17H19Cl2NO3. The fourth-order valence-corrected chi connectivity index (χ4v) is 3.05. The Morgan fingerprint density at radius 2 is 2.13 bits per heavy atom. The average molecular weight is 356 g/mol. The van der Waals surface area contributed by atoms with Gasteiger partial charge in [-0.15, -0.1) is 0 Å². The summed E-state index contributed by atoms with van der Waals surface area (Å²) in [6.45, 7) is 1.52. The van der Waals surface area contributed by atoms with Crippen molar-refractivity contribution in [1.82, 2.24) is 5.32 Å². The molecule has 0 saturated heterocycles. The minimum absolute atomic E-state index is 0.143. The third-order valence-corrected chi connectivity index (χ3v) is 4.32. The maximum absolute atomic E-state index is 11.9. The molecule has 0 heterocycles. The fraction of sp³-hybridized carbons (Fsp3) is 0.412. The van der Waals surface area contributed by atoms with Crippen LogP contribution in [0.2, 0.25) is 10.0 Å². The van der Waals surface area contributed by atoms with E-state index in [1.165, 1.54) is 0 Å². The van der Waals surface area contributed by atoms with Crippen molar-refractivity contribution >= 4 is 35.1 Å². The highest BCUT2D eigenvalue weighted by Gasteiger charge is 2.21. The van der Waals surface area contributed by atoms with Crippen LogP contribution in [0, 0.1) is 5.92 Å². The summed E-state index contributed by atoms with van der Waals surface area (Å²) in [6, 6.07) is 4.79. The second-order valence-electron chi connectivity index (χ2n) is 5.54. The molecule has 1 amide bonds. The highest BCUT2D eigenvalue weighted by atomic mass is 35.5. The molecule has 1 aromatic carbocycles. The van der Waals surface area contributed by atoms with E-state index in [1.54, 1.807) is 25.1 Å². The minimum atomic E-state index is -0.358. The van der Waals surface area contributed by atoms with E-state index in [0.29, 0.717) is 16.5 Å². The average Bonchev–Trinajstić information content (AvgIpc) is 2.53. The molecule has 0 radical (unpaired) electrons. The van der Waals surface area contributed by atoms with Gasteiger partial charge in [0.1, 0.15) is 0 Å². The zero-order chi connectivity index (χ0) is 16.8. The Labute approximate surface area is 145 Å². The molecule has 4 nitrogen and oxygen atoms in total. The molecule has 2 unspecified atom stereocenters. The first kappa shape index (κ1) is 17.8. The van der Waals surface area contributed by atoms with E-state index in [0.717, 1.165) is 18.4 Å². The highest BCUT2D eigenvalue weighted by Crippen LogP contribution is 2.26. The van der Waals surface area contributed by atoms with Gasteiger partial charge in [0.15, 0.2) is 6.61 Å². The normalized spacial score (nSPS) is 18.3. The van der Waals surface area contributed by atoms with Crippen LogP contribution in [0.3, 0.4) is 0 Å². The molecule has 0 bridgehead atoms. The molecule has 0 aliphatic heterocycles. The van der Waals surface area contributed by atoms with Gasteiger partial charge in [0.2, 0.25) is 0 Å². The lowest BCUT2D eigenvalue weighted by molar-refractivity contribution is -0.153. The second kappa shape index (κ2) is 8.37. The van der Waals surface area contributed by atoms with Crippen molar-refractivity contribution in [1.29, 1.82) is 0 Å². The number of rotatable bonds is 5. The van der Waals surface area contributed by atoms with Gasteiger partial charge in [-0.05, 0) is 43.9 Å². The summed E-state index contributed by atoms with van der Waals surface area (Å²) in [4.78, 5) is 23.8. The Morgan fingerprint density at radius 1 is 1.35 bits per heavy atom.